The van der Waals surface area contributed by atoms with Gasteiger partial charge in [-0.3, -0.25) is 10.4 Å². The molecule has 0 amide bonds. The van der Waals surface area contributed by atoms with E-state index in [2.05, 4.69) is 17.3 Å². The molecule has 0 aromatic heterocycles. The first kappa shape index (κ1) is 9.28. The molecule has 1 fully saturated rings. The lowest BCUT2D eigenvalue weighted by Gasteiger charge is -2.10. The van der Waals surface area contributed by atoms with Gasteiger partial charge < -0.3 is 10.5 Å². The number of hydrazine groups is 1. The molecule has 0 aliphatic carbocycles. The van der Waals surface area contributed by atoms with Gasteiger partial charge in [-0.25, -0.2) is 5.84 Å². The second-order valence-electron chi connectivity index (χ2n) is 2.99. The summed E-state index contributed by atoms with van der Waals surface area (Å²) in [5.74, 6) is 5.82. The van der Waals surface area contributed by atoms with Crippen molar-refractivity contribution in [2.45, 2.75) is 19.4 Å². The molecule has 5 N–H and O–H groups in total. The van der Waals surface area contributed by atoms with Crippen molar-refractivity contribution in [2.75, 3.05) is 13.2 Å². The van der Waals surface area contributed by atoms with Crippen LogP contribution in [0.25, 0.3) is 0 Å². The molecule has 2 atom stereocenters. The number of ether oxygens (including phenoxy) is 1. The predicted octanol–water partition coefficient (Wildman–Crippen LogP) is -0.811. The molecular formula is C7H16N4O. The summed E-state index contributed by atoms with van der Waals surface area (Å²) >= 11 is 0. The zero-order valence-electron chi connectivity index (χ0n) is 7.29. The van der Waals surface area contributed by atoms with Crippen LogP contribution >= 0.6 is 0 Å². The number of nitrogens with two attached hydrogens (primary N) is 2. The third-order valence-corrected chi connectivity index (χ3v) is 2.18. The van der Waals surface area contributed by atoms with E-state index in [1.807, 2.05) is 0 Å². The van der Waals surface area contributed by atoms with Crippen molar-refractivity contribution in [3.63, 3.8) is 0 Å². The van der Waals surface area contributed by atoms with Crippen molar-refractivity contribution in [3.05, 3.63) is 0 Å². The van der Waals surface area contributed by atoms with E-state index in [4.69, 9.17) is 16.3 Å². The summed E-state index contributed by atoms with van der Waals surface area (Å²) in [6.07, 6.45) is 1.35. The maximum absolute atomic E-state index is 5.37. The molecule has 0 radical (unpaired) electrons. The van der Waals surface area contributed by atoms with Crippen LogP contribution in [0.4, 0.5) is 0 Å². The van der Waals surface area contributed by atoms with Crippen LogP contribution in [0.2, 0.25) is 0 Å². The highest BCUT2D eigenvalue weighted by Crippen LogP contribution is 2.20. The highest BCUT2D eigenvalue weighted by Gasteiger charge is 2.23. The number of rotatable bonds is 2. The van der Waals surface area contributed by atoms with Gasteiger partial charge in [-0.2, -0.15) is 0 Å². The first-order valence-electron chi connectivity index (χ1n) is 4.12. The molecule has 5 heteroatoms. The number of hydrogen-bond donors (Lipinski definition) is 3. The highest BCUT2D eigenvalue weighted by molar-refractivity contribution is 5.77. The Balaban J connectivity index is 2.31. The number of nitrogens with zero attached hydrogens (tertiary/aromatic N) is 1. The highest BCUT2D eigenvalue weighted by atomic mass is 16.5. The summed E-state index contributed by atoms with van der Waals surface area (Å²) in [4.78, 5) is 4.05. The van der Waals surface area contributed by atoms with Gasteiger partial charge in [0.1, 0.15) is 0 Å². The van der Waals surface area contributed by atoms with E-state index < -0.39 is 0 Å². The Morgan fingerprint density at radius 1 is 1.75 bits per heavy atom. The Bertz CT molecular complexity index is 171. The van der Waals surface area contributed by atoms with Crippen LogP contribution in [-0.4, -0.2) is 25.2 Å². The summed E-state index contributed by atoms with van der Waals surface area (Å²) in [5.41, 5.74) is 7.66. The fraction of sp³-hybridized carbons (Fsp3) is 0.857. The Labute approximate surface area is 72.1 Å². The minimum atomic E-state index is 0.286. The van der Waals surface area contributed by atoms with Gasteiger partial charge in [-0.05, 0) is 13.3 Å². The monoisotopic (exact) mass is 172 g/mol. The molecule has 0 saturated carbocycles. The zero-order chi connectivity index (χ0) is 8.97. The molecule has 1 rings (SSSR count). The molecule has 1 heterocycles. The molecule has 5 nitrogen and oxygen atoms in total. The van der Waals surface area contributed by atoms with Gasteiger partial charge in [0.05, 0.1) is 6.10 Å². The summed E-state index contributed by atoms with van der Waals surface area (Å²) < 4.78 is 5.37. The third kappa shape index (κ3) is 2.35. The lowest BCUT2D eigenvalue weighted by Crippen LogP contribution is -2.37. The van der Waals surface area contributed by atoms with Crippen LogP contribution in [0.1, 0.15) is 13.3 Å². The van der Waals surface area contributed by atoms with Gasteiger partial charge in [-0.15, -0.1) is 0 Å². The molecule has 12 heavy (non-hydrogen) atoms. The molecule has 0 bridgehead atoms. The van der Waals surface area contributed by atoms with E-state index in [1.54, 1.807) is 0 Å². The second kappa shape index (κ2) is 4.27. The smallest absolute Gasteiger partial charge is 0.203 e. The zero-order valence-corrected chi connectivity index (χ0v) is 7.29. The van der Waals surface area contributed by atoms with E-state index in [0.29, 0.717) is 18.6 Å². The Kier molecular flexibility index (Phi) is 3.31. The molecule has 2 unspecified atom stereocenters. The Morgan fingerprint density at radius 2 is 2.50 bits per heavy atom. The largest absolute Gasteiger partial charge is 0.378 e. The van der Waals surface area contributed by atoms with Crippen molar-refractivity contribution in [3.8, 4) is 0 Å². The average Bonchev–Trinajstić information content (AvgIpc) is 2.47. The van der Waals surface area contributed by atoms with Crippen molar-refractivity contribution < 1.29 is 4.74 Å². The van der Waals surface area contributed by atoms with E-state index in [0.717, 1.165) is 13.0 Å². The normalized spacial score (nSPS) is 30.7. The Hall–Kier alpha value is -0.810. The quantitative estimate of drug-likeness (QED) is 0.220. The third-order valence-electron chi connectivity index (χ3n) is 2.18. The summed E-state index contributed by atoms with van der Waals surface area (Å²) in [6, 6.07) is 0. The molecular weight excluding hydrogens is 156 g/mol. The van der Waals surface area contributed by atoms with Gasteiger partial charge in [0.2, 0.25) is 5.96 Å². The Morgan fingerprint density at radius 3 is 3.00 bits per heavy atom. The van der Waals surface area contributed by atoms with E-state index in [9.17, 15) is 0 Å². The van der Waals surface area contributed by atoms with Crippen LogP contribution in [0.3, 0.4) is 0 Å². The van der Waals surface area contributed by atoms with Crippen LogP contribution < -0.4 is 17.0 Å². The maximum Gasteiger partial charge on any atom is 0.203 e. The van der Waals surface area contributed by atoms with Crippen LogP contribution in [0, 0.1) is 5.92 Å². The first-order chi connectivity index (χ1) is 5.74. The van der Waals surface area contributed by atoms with Gasteiger partial charge in [-0.1, -0.05) is 0 Å². The molecule has 0 aromatic rings. The van der Waals surface area contributed by atoms with Crippen molar-refractivity contribution >= 4 is 5.96 Å². The SMILES string of the molecule is CC1OCCC1CN=C(N)NN. The number of hydrogen-bond acceptors (Lipinski definition) is 3. The molecule has 0 spiro atoms. The van der Waals surface area contributed by atoms with Gasteiger partial charge in [0.25, 0.3) is 0 Å². The lowest BCUT2D eigenvalue weighted by atomic mass is 10.0. The minimum absolute atomic E-state index is 0.286. The van der Waals surface area contributed by atoms with Crippen molar-refractivity contribution in [1.29, 1.82) is 0 Å². The topological polar surface area (TPSA) is 85.7 Å². The molecule has 1 saturated heterocycles. The molecule has 1 aliphatic heterocycles. The van der Waals surface area contributed by atoms with Crippen molar-refractivity contribution in [2.24, 2.45) is 22.5 Å². The summed E-state index contributed by atoms with van der Waals surface area (Å²) in [7, 11) is 0. The van der Waals surface area contributed by atoms with E-state index >= 15 is 0 Å². The van der Waals surface area contributed by atoms with Crippen LogP contribution in [-0.2, 0) is 4.74 Å². The average molecular weight is 172 g/mol. The van der Waals surface area contributed by atoms with Crippen molar-refractivity contribution in [1.82, 2.24) is 5.43 Å². The molecule has 0 aromatic carbocycles. The fourth-order valence-corrected chi connectivity index (χ4v) is 1.28. The number of guanidine groups is 1. The number of nitrogens with one attached hydrogen (secondary N) is 1. The predicted molar refractivity (Wildman–Crippen MR) is 47.3 cm³/mol. The second-order valence-corrected chi connectivity index (χ2v) is 2.99. The van der Waals surface area contributed by atoms with Crippen LogP contribution in [0.5, 0.6) is 0 Å². The van der Waals surface area contributed by atoms with E-state index in [1.165, 1.54) is 0 Å². The summed E-state index contributed by atoms with van der Waals surface area (Å²) in [5, 5.41) is 0. The van der Waals surface area contributed by atoms with Gasteiger partial charge in [0.15, 0.2) is 0 Å². The fourth-order valence-electron chi connectivity index (χ4n) is 1.28. The maximum atomic E-state index is 5.37. The molecule has 1 aliphatic rings. The lowest BCUT2D eigenvalue weighted by molar-refractivity contribution is 0.107. The van der Waals surface area contributed by atoms with Gasteiger partial charge >= 0.3 is 0 Å². The van der Waals surface area contributed by atoms with Gasteiger partial charge in [0, 0.05) is 19.1 Å². The van der Waals surface area contributed by atoms with E-state index in [-0.39, 0.29) is 5.96 Å². The standard InChI is InChI=1S/C7H16N4O/c1-5-6(2-3-12-5)4-10-7(8)11-9/h5-6H,2-4,9H2,1H3,(H3,8,10,11). The first-order valence-corrected chi connectivity index (χ1v) is 4.12. The minimum Gasteiger partial charge on any atom is -0.378 e. The van der Waals surface area contributed by atoms with Crippen LogP contribution in [0.15, 0.2) is 4.99 Å². The number of aliphatic imine (C=N–C) groups is 1. The summed E-state index contributed by atoms with van der Waals surface area (Å²) in [6.45, 7) is 3.58. The molecule has 70 valence electrons.